The highest BCUT2D eigenvalue weighted by Gasteiger charge is 2.23. The minimum Gasteiger partial charge on any atom is -0.395 e. The Hall–Kier alpha value is -1.19. The lowest BCUT2D eigenvalue weighted by Gasteiger charge is -2.33. The van der Waals surface area contributed by atoms with Crippen LogP contribution in [0.15, 0.2) is 24.3 Å². The minimum atomic E-state index is 0.155. The average molecular weight is 261 g/mol. The van der Waals surface area contributed by atoms with E-state index in [-0.39, 0.29) is 18.4 Å². The van der Waals surface area contributed by atoms with Gasteiger partial charge < -0.3 is 5.11 Å². The molecule has 1 heterocycles. The number of rotatable bonds is 5. The van der Waals surface area contributed by atoms with Crippen molar-refractivity contribution in [3.63, 3.8) is 0 Å². The second kappa shape index (κ2) is 6.83. The van der Waals surface area contributed by atoms with Crippen LogP contribution in [-0.2, 0) is 6.42 Å². The van der Waals surface area contributed by atoms with E-state index in [0.29, 0.717) is 6.54 Å². The van der Waals surface area contributed by atoms with Crippen molar-refractivity contribution in [3.05, 3.63) is 35.4 Å². The standard InChI is InChI=1S/C16H23NO2/c1-2-13-6-8-14(9-7-13)16(19)11-17-10-4-3-5-15(17)12-18/h6-9,15,18H,2-5,10-12H2,1H3. The summed E-state index contributed by atoms with van der Waals surface area (Å²) in [5.41, 5.74) is 2.03. The van der Waals surface area contributed by atoms with E-state index in [9.17, 15) is 9.90 Å². The molecule has 0 bridgehead atoms. The monoisotopic (exact) mass is 261 g/mol. The van der Waals surface area contributed by atoms with Gasteiger partial charge in [0.05, 0.1) is 13.2 Å². The van der Waals surface area contributed by atoms with Crippen molar-refractivity contribution in [2.24, 2.45) is 0 Å². The number of carbonyl (C=O) groups is 1. The van der Waals surface area contributed by atoms with Crippen molar-refractivity contribution >= 4 is 5.78 Å². The number of hydrogen-bond donors (Lipinski definition) is 1. The van der Waals surface area contributed by atoms with E-state index in [1.807, 2.05) is 24.3 Å². The van der Waals surface area contributed by atoms with Crippen LogP contribution >= 0.6 is 0 Å². The first kappa shape index (κ1) is 14.2. The fraction of sp³-hybridized carbons (Fsp3) is 0.562. The quantitative estimate of drug-likeness (QED) is 0.827. The Bertz CT molecular complexity index is 413. The van der Waals surface area contributed by atoms with Gasteiger partial charge in [-0.25, -0.2) is 0 Å². The lowest BCUT2D eigenvalue weighted by atomic mass is 10.0. The third-order valence-corrected chi connectivity index (χ3v) is 3.99. The number of aliphatic hydroxyl groups excluding tert-OH is 1. The molecule has 1 saturated heterocycles. The number of aliphatic hydroxyl groups is 1. The van der Waals surface area contributed by atoms with E-state index in [1.165, 1.54) is 5.56 Å². The number of ketones is 1. The molecule has 1 atom stereocenters. The molecule has 1 aromatic rings. The first-order chi connectivity index (χ1) is 9.24. The average Bonchev–Trinajstić information content (AvgIpc) is 2.48. The van der Waals surface area contributed by atoms with Crippen molar-refractivity contribution < 1.29 is 9.90 Å². The van der Waals surface area contributed by atoms with E-state index < -0.39 is 0 Å². The molecule has 104 valence electrons. The van der Waals surface area contributed by atoms with Crippen LogP contribution in [0.5, 0.6) is 0 Å². The first-order valence-corrected chi connectivity index (χ1v) is 7.21. The molecule has 1 aromatic carbocycles. The van der Waals surface area contributed by atoms with Crippen molar-refractivity contribution in [2.75, 3.05) is 19.7 Å². The maximum atomic E-state index is 12.3. The summed E-state index contributed by atoms with van der Waals surface area (Å²) >= 11 is 0. The molecule has 0 amide bonds. The fourth-order valence-electron chi connectivity index (χ4n) is 2.68. The summed E-state index contributed by atoms with van der Waals surface area (Å²) in [6, 6.07) is 8.03. The number of benzene rings is 1. The lowest BCUT2D eigenvalue weighted by molar-refractivity contribution is 0.0711. The number of likely N-dealkylation sites (tertiary alicyclic amines) is 1. The third-order valence-electron chi connectivity index (χ3n) is 3.99. The van der Waals surface area contributed by atoms with E-state index in [2.05, 4.69) is 11.8 Å². The van der Waals surface area contributed by atoms with E-state index in [1.54, 1.807) is 0 Å². The normalized spacial score (nSPS) is 20.4. The van der Waals surface area contributed by atoms with Crippen LogP contribution in [0.3, 0.4) is 0 Å². The number of Topliss-reactive ketones (excluding diaryl/α,β-unsaturated/α-hetero) is 1. The van der Waals surface area contributed by atoms with Crippen LogP contribution in [0.25, 0.3) is 0 Å². The van der Waals surface area contributed by atoms with Gasteiger partial charge in [0, 0.05) is 11.6 Å². The Morgan fingerprint density at radius 3 is 2.68 bits per heavy atom. The van der Waals surface area contributed by atoms with Gasteiger partial charge in [0.1, 0.15) is 0 Å². The Morgan fingerprint density at radius 1 is 1.32 bits per heavy atom. The number of aryl methyl sites for hydroxylation is 1. The molecule has 0 saturated carbocycles. The largest absolute Gasteiger partial charge is 0.395 e. The predicted octanol–water partition coefficient (Wildman–Crippen LogP) is 2.28. The smallest absolute Gasteiger partial charge is 0.176 e. The molecule has 0 aliphatic carbocycles. The molecule has 0 radical (unpaired) electrons. The second-order valence-corrected chi connectivity index (χ2v) is 5.28. The van der Waals surface area contributed by atoms with Gasteiger partial charge in [0.25, 0.3) is 0 Å². The maximum Gasteiger partial charge on any atom is 0.176 e. The number of hydrogen-bond acceptors (Lipinski definition) is 3. The number of carbonyl (C=O) groups excluding carboxylic acids is 1. The summed E-state index contributed by atoms with van der Waals surface area (Å²) in [5, 5.41) is 9.36. The molecule has 1 aliphatic heterocycles. The SMILES string of the molecule is CCc1ccc(C(=O)CN2CCCCC2CO)cc1. The molecule has 1 aliphatic rings. The summed E-state index contributed by atoms with van der Waals surface area (Å²) in [6.45, 7) is 3.61. The van der Waals surface area contributed by atoms with Gasteiger partial charge in [-0.1, -0.05) is 37.6 Å². The van der Waals surface area contributed by atoms with Crippen molar-refractivity contribution in [1.82, 2.24) is 4.90 Å². The van der Waals surface area contributed by atoms with Crippen molar-refractivity contribution in [2.45, 2.75) is 38.6 Å². The topological polar surface area (TPSA) is 40.5 Å². The molecule has 3 nitrogen and oxygen atoms in total. The van der Waals surface area contributed by atoms with E-state index in [4.69, 9.17) is 0 Å². The molecule has 1 fully saturated rings. The summed E-state index contributed by atoms with van der Waals surface area (Å²) in [7, 11) is 0. The molecule has 0 spiro atoms. The van der Waals surface area contributed by atoms with Gasteiger partial charge in [-0.05, 0) is 31.4 Å². The zero-order valence-corrected chi connectivity index (χ0v) is 11.6. The first-order valence-electron chi connectivity index (χ1n) is 7.21. The highest BCUT2D eigenvalue weighted by molar-refractivity contribution is 5.97. The highest BCUT2D eigenvalue weighted by Crippen LogP contribution is 2.17. The summed E-state index contributed by atoms with van der Waals surface area (Å²) in [4.78, 5) is 14.4. The molecule has 1 unspecified atom stereocenters. The third kappa shape index (κ3) is 3.64. The molecule has 19 heavy (non-hydrogen) atoms. The van der Waals surface area contributed by atoms with Gasteiger partial charge in [-0.15, -0.1) is 0 Å². The lowest BCUT2D eigenvalue weighted by Crippen LogP contribution is -2.44. The highest BCUT2D eigenvalue weighted by atomic mass is 16.3. The second-order valence-electron chi connectivity index (χ2n) is 5.28. The summed E-state index contributed by atoms with van der Waals surface area (Å²) in [6.07, 6.45) is 4.27. The summed E-state index contributed by atoms with van der Waals surface area (Å²) < 4.78 is 0. The van der Waals surface area contributed by atoms with Crippen LogP contribution in [0.4, 0.5) is 0 Å². The van der Waals surface area contributed by atoms with Crippen LogP contribution in [0.2, 0.25) is 0 Å². The van der Waals surface area contributed by atoms with E-state index in [0.717, 1.165) is 37.8 Å². The van der Waals surface area contributed by atoms with Gasteiger partial charge in [-0.2, -0.15) is 0 Å². The molecular weight excluding hydrogens is 238 g/mol. The number of nitrogens with zero attached hydrogens (tertiary/aromatic N) is 1. The molecular formula is C16H23NO2. The minimum absolute atomic E-state index is 0.155. The Kier molecular flexibility index (Phi) is 5.11. The fourth-order valence-corrected chi connectivity index (χ4v) is 2.68. The van der Waals surface area contributed by atoms with Gasteiger partial charge in [0.2, 0.25) is 0 Å². The molecule has 3 heteroatoms. The molecule has 1 N–H and O–H groups in total. The van der Waals surface area contributed by atoms with Crippen LogP contribution in [-0.4, -0.2) is 41.5 Å². The number of piperidine rings is 1. The zero-order valence-electron chi connectivity index (χ0n) is 11.6. The summed E-state index contributed by atoms with van der Waals surface area (Å²) in [5.74, 6) is 0.156. The zero-order chi connectivity index (χ0) is 13.7. The van der Waals surface area contributed by atoms with Gasteiger partial charge in [-0.3, -0.25) is 9.69 Å². The van der Waals surface area contributed by atoms with Crippen molar-refractivity contribution in [3.8, 4) is 0 Å². The van der Waals surface area contributed by atoms with Crippen LogP contribution in [0, 0.1) is 0 Å². The van der Waals surface area contributed by atoms with Crippen LogP contribution < -0.4 is 0 Å². The van der Waals surface area contributed by atoms with E-state index >= 15 is 0 Å². The molecule has 2 rings (SSSR count). The van der Waals surface area contributed by atoms with Crippen molar-refractivity contribution in [1.29, 1.82) is 0 Å². The van der Waals surface area contributed by atoms with Crippen LogP contribution in [0.1, 0.15) is 42.1 Å². The molecule has 0 aromatic heterocycles. The maximum absolute atomic E-state index is 12.3. The Morgan fingerprint density at radius 2 is 2.05 bits per heavy atom. The van der Waals surface area contributed by atoms with Gasteiger partial charge >= 0.3 is 0 Å². The Balaban J connectivity index is 1.98. The Labute approximate surface area is 115 Å². The van der Waals surface area contributed by atoms with Gasteiger partial charge in [0.15, 0.2) is 5.78 Å². The predicted molar refractivity (Wildman–Crippen MR) is 76.4 cm³/mol.